The number of rotatable bonds is 2. The van der Waals surface area contributed by atoms with Crippen molar-refractivity contribution < 1.29 is 9.90 Å². The van der Waals surface area contributed by atoms with E-state index in [0.29, 0.717) is 5.75 Å². The van der Waals surface area contributed by atoms with Crippen LogP contribution in [0, 0.1) is 0 Å². The Kier molecular flexibility index (Phi) is 2.88. The predicted octanol–water partition coefficient (Wildman–Crippen LogP) is -0.712. The molecule has 3 unspecified atom stereocenters. The third kappa shape index (κ3) is 2.04. The van der Waals surface area contributed by atoms with Crippen molar-refractivity contribution in [1.29, 1.82) is 0 Å². The van der Waals surface area contributed by atoms with E-state index in [2.05, 4.69) is 10.6 Å². The summed E-state index contributed by atoms with van der Waals surface area (Å²) in [4.78, 5) is 11.7. The Labute approximate surface area is 81.5 Å². The minimum absolute atomic E-state index is 0.00954. The molecule has 3 N–H and O–H groups in total. The molecule has 0 aliphatic carbocycles. The van der Waals surface area contributed by atoms with Gasteiger partial charge in [-0.1, -0.05) is 0 Å². The summed E-state index contributed by atoms with van der Waals surface area (Å²) in [6, 6.07) is 0.00954. The van der Waals surface area contributed by atoms with Gasteiger partial charge in [-0.05, 0) is 19.4 Å². The number of carbonyl (C=O) groups excluding carboxylic acids is 1. The van der Waals surface area contributed by atoms with Crippen LogP contribution in [0.15, 0.2) is 0 Å². The molecule has 2 aliphatic rings. The van der Waals surface area contributed by atoms with E-state index in [1.54, 1.807) is 0 Å². The summed E-state index contributed by atoms with van der Waals surface area (Å²) in [5, 5.41) is 15.0. The van der Waals surface area contributed by atoms with Crippen LogP contribution in [-0.2, 0) is 4.79 Å². The highest BCUT2D eigenvalue weighted by atomic mass is 32.2. The lowest BCUT2D eigenvalue weighted by molar-refractivity contribution is -0.121. The summed E-state index contributed by atoms with van der Waals surface area (Å²) < 4.78 is 0. The summed E-state index contributed by atoms with van der Waals surface area (Å²) in [5.41, 5.74) is 0. The van der Waals surface area contributed by atoms with Crippen molar-refractivity contribution in [2.75, 3.05) is 12.3 Å². The topological polar surface area (TPSA) is 61.4 Å². The number of aliphatic hydroxyl groups is 1. The van der Waals surface area contributed by atoms with Crippen molar-refractivity contribution in [2.24, 2.45) is 0 Å². The lowest BCUT2D eigenvalue weighted by Gasteiger charge is -2.14. The molecular weight excluding hydrogens is 188 g/mol. The molecular formula is C8H14N2O2S. The molecule has 5 heteroatoms. The first-order valence-corrected chi connectivity index (χ1v) is 5.65. The van der Waals surface area contributed by atoms with Crippen molar-refractivity contribution in [3.8, 4) is 0 Å². The van der Waals surface area contributed by atoms with Crippen molar-refractivity contribution >= 4 is 17.5 Å². The number of hydrogen-bond donors (Lipinski definition) is 3. The van der Waals surface area contributed by atoms with Crippen LogP contribution in [0.5, 0.6) is 0 Å². The minimum atomic E-state index is -0.514. The van der Waals surface area contributed by atoms with Gasteiger partial charge in [0, 0.05) is 5.75 Å². The molecule has 2 heterocycles. The highest BCUT2D eigenvalue weighted by molar-refractivity contribution is 8.00. The molecule has 2 saturated heterocycles. The van der Waals surface area contributed by atoms with E-state index in [-0.39, 0.29) is 17.2 Å². The molecule has 2 aliphatic heterocycles. The number of aliphatic hydroxyl groups excluding tert-OH is 1. The fourth-order valence-electron chi connectivity index (χ4n) is 1.73. The fraction of sp³-hybridized carbons (Fsp3) is 0.875. The lowest BCUT2D eigenvalue weighted by atomic mass is 10.1. The second-order valence-corrected chi connectivity index (χ2v) is 4.59. The Morgan fingerprint density at radius 2 is 2.38 bits per heavy atom. The van der Waals surface area contributed by atoms with Gasteiger partial charge in [0.25, 0.3) is 0 Å². The van der Waals surface area contributed by atoms with Gasteiger partial charge < -0.3 is 10.4 Å². The first kappa shape index (κ1) is 9.45. The zero-order chi connectivity index (χ0) is 9.26. The van der Waals surface area contributed by atoms with Crippen molar-refractivity contribution in [3.05, 3.63) is 0 Å². The van der Waals surface area contributed by atoms with E-state index >= 15 is 0 Å². The van der Waals surface area contributed by atoms with Crippen molar-refractivity contribution in [1.82, 2.24) is 10.6 Å². The third-order valence-electron chi connectivity index (χ3n) is 2.43. The second kappa shape index (κ2) is 3.96. The van der Waals surface area contributed by atoms with E-state index in [9.17, 15) is 9.90 Å². The average Bonchev–Trinajstić information content (AvgIpc) is 2.72. The van der Waals surface area contributed by atoms with Crippen LogP contribution in [0.3, 0.4) is 0 Å². The molecule has 0 spiro atoms. The Bertz CT molecular complexity index is 206. The number of thioether (sulfide) groups is 1. The normalized spacial score (nSPS) is 39.6. The molecule has 0 radical (unpaired) electrons. The molecule has 0 saturated carbocycles. The standard InChI is InChI=1S/C8H14N2O2S/c11-6-4-13-8(10-6)7(12)5-2-1-3-9-5/h5-6,8-11H,1-4H2. The van der Waals surface area contributed by atoms with Gasteiger partial charge in [-0.2, -0.15) is 0 Å². The van der Waals surface area contributed by atoms with Gasteiger partial charge in [0.1, 0.15) is 11.6 Å². The maximum Gasteiger partial charge on any atom is 0.176 e. The van der Waals surface area contributed by atoms with Crippen molar-refractivity contribution in [2.45, 2.75) is 30.5 Å². The molecule has 0 aromatic rings. The molecule has 13 heavy (non-hydrogen) atoms. The Morgan fingerprint density at radius 1 is 1.54 bits per heavy atom. The molecule has 0 aromatic carbocycles. The molecule has 3 atom stereocenters. The van der Waals surface area contributed by atoms with Crippen LogP contribution in [0.25, 0.3) is 0 Å². The van der Waals surface area contributed by atoms with Gasteiger partial charge in [0.15, 0.2) is 5.78 Å². The SMILES string of the molecule is O=C(C1CCCN1)C1NC(O)CS1. The molecule has 2 fully saturated rings. The van der Waals surface area contributed by atoms with Crippen molar-refractivity contribution in [3.63, 3.8) is 0 Å². The van der Waals surface area contributed by atoms with E-state index in [1.165, 1.54) is 11.8 Å². The molecule has 4 nitrogen and oxygen atoms in total. The quantitative estimate of drug-likeness (QED) is 0.552. The minimum Gasteiger partial charge on any atom is -0.378 e. The smallest absolute Gasteiger partial charge is 0.176 e. The van der Waals surface area contributed by atoms with Gasteiger partial charge >= 0.3 is 0 Å². The van der Waals surface area contributed by atoms with Gasteiger partial charge in [-0.25, -0.2) is 0 Å². The van der Waals surface area contributed by atoms with Crippen LogP contribution in [0.1, 0.15) is 12.8 Å². The van der Waals surface area contributed by atoms with Crippen LogP contribution in [0.4, 0.5) is 0 Å². The van der Waals surface area contributed by atoms with E-state index < -0.39 is 6.23 Å². The van der Waals surface area contributed by atoms with Gasteiger partial charge in [0.05, 0.1) is 6.04 Å². The fourth-order valence-corrected chi connectivity index (χ4v) is 2.79. The zero-order valence-corrected chi connectivity index (χ0v) is 8.14. The Hall–Kier alpha value is -0.100. The number of nitrogens with one attached hydrogen (secondary N) is 2. The highest BCUT2D eigenvalue weighted by Gasteiger charge is 2.33. The zero-order valence-electron chi connectivity index (χ0n) is 7.32. The maximum absolute atomic E-state index is 11.7. The first-order chi connectivity index (χ1) is 6.27. The first-order valence-electron chi connectivity index (χ1n) is 4.60. The number of Topliss-reactive ketones (excluding diaryl/α,β-unsaturated/α-hetero) is 1. The van der Waals surface area contributed by atoms with Gasteiger partial charge in [0.2, 0.25) is 0 Å². The second-order valence-electron chi connectivity index (χ2n) is 3.45. The predicted molar refractivity (Wildman–Crippen MR) is 51.4 cm³/mol. The number of hydrogen-bond acceptors (Lipinski definition) is 5. The largest absolute Gasteiger partial charge is 0.378 e. The highest BCUT2D eigenvalue weighted by Crippen LogP contribution is 2.21. The summed E-state index contributed by atoms with van der Waals surface area (Å²) in [6.45, 7) is 0.941. The maximum atomic E-state index is 11.7. The number of carbonyl (C=O) groups is 1. The molecule has 2 rings (SSSR count). The Balaban J connectivity index is 1.89. The summed E-state index contributed by atoms with van der Waals surface area (Å²) >= 11 is 1.49. The van der Waals surface area contributed by atoms with Crippen LogP contribution in [0.2, 0.25) is 0 Å². The van der Waals surface area contributed by atoms with Gasteiger partial charge in [-0.15, -0.1) is 11.8 Å². The molecule has 74 valence electrons. The van der Waals surface area contributed by atoms with Gasteiger partial charge in [-0.3, -0.25) is 10.1 Å². The monoisotopic (exact) mass is 202 g/mol. The van der Waals surface area contributed by atoms with E-state index in [4.69, 9.17) is 0 Å². The van der Waals surface area contributed by atoms with E-state index in [0.717, 1.165) is 19.4 Å². The number of ketones is 1. The van der Waals surface area contributed by atoms with Crippen LogP contribution < -0.4 is 10.6 Å². The summed E-state index contributed by atoms with van der Waals surface area (Å²) in [6.07, 6.45) is 1.50. The molecule has 0 bridgehead atoms. The lowest BCUT2D eigenvalue weighted by Crippen LogP contribution is -2.43. The molecule has 0 aromatic heterocycles. The van der Waals surface area contributed by atoms with Crippen LogP contribution >= 0.6 is 11.8 Å². The Morgan fingerprint density at radius 3 is 2.92 bits per heavy atom. The van der Waals surface area contributed by atoms with E-state index in [1.807, 2.05) is 0 Å². The average molecular weight is 202 g/mol. The summed E-state index contributed by atoms with van der Waals surface area (Å²) in [7, 11) is 0. The summed E-state index contributed by atoms with van der Waals surface area (Å²) in [5.74, 6) is 0.808. The molecule has 0 amide bonds. The van der Waals surface area contributed by atoms with Crippen LogP contribution in [-0.4, -0.2) is 40.8 Å². The third-order valence-corrected chi connectivity index (χ3v) is 3.64.